The number of unbranched alkanes of at least 4 members (excludes halogenated alkanes) is 1. The fourth-order valence-corrected chi connectivity index (χ4v) is 1.23. The highest BCUT2D eigenvalue weighted by Gasteiger charge is 1.97. The Hall–Kier alpha value is -0.570. The van der Waals surface area contributed by atoms with E-state index in [4.69, 9.17) is 21.8 Å². The number of alkyl halides is 1. The Morgan fingerprint density at radius 3 is 2.13 bits per heavy atom. The van der Waals surface area contributed by atoms with Crippen LogP contribution in [0.5, 0.6) is 0 Å². The number of rotatable bonds is 4. The van der Waals surface area contributed by atoms with Gasteiger partial charge in [0, 0.05) is 12.3 Å². The van der Waals surface area contributed by atoms with Gasteiger partial charge in [-0.3, -0.25) is 0 Å². The molecule has 0 bridgehead atoms. The van der Waals surface area contributed by atoms with E-state index in [0.29, 0.717) is 6.42 Å². The molecule has 0 aliphatic rings. The highest BCUT2D eigenvalue weighted by atomic mass is 35.5. The molecule has 0 spiro atoms. The average Bonchev–Trinajstić information content (AvgIpc) is 2.20. The summed E-state index contributed by atoms with van der Waals surface area (Å²) in [5.41, 5.74) is 0.942. The quantitative estimate of drug-likeness (QED) is 0.617. The Bertz CT molecular complexity index is 222. The smallest absolute Gasteiger partial charge is 0.155 e. The first-order valence-electron chi connectivity index (χ1n) is 5.16. The molecular weight excluding hydrogens is 212 g/mol. The standard InChI is InChI=1S/C8H10O2.C4H9Cl/c9-8(10)6-7-4-2-1-3-5-7;1-2-3-4-5/h1-5,8-10H,6H2;2-4H2,1H3. The normalized spacial score (nSPS) is 9.67. The van der Waals surface area contributed by atoms with Crippen molar-refractivity contribution in [3.63, 3.8) is 0 Å². The van der Waals surface area contributed by atoms with Crippen LogP contribution >= 0.6 is 11.6 Å². The van der Waals surface area contributed by atoms with Gasteiger partial charge >= 0.3 is 0 Å². The fourth-order valence-electron chi connectivity index (χ4n) is 0.959. The summed E-state index contributed by atoms with van der Waals surface area (Å²) in [6.45, 7) is 2.13. The van der Waals surface area contributed by atoms with Gasteiger partial charge in [0.2, 0.25) is 0 Å². The van der Waals surface area contributed by atoms with Crippen LogP contribution < -0.4 is 0 Å². The first kappa shape index (κ1) is 14.4. The predicted octanol–water partition coefficient (Wildman–Crippen LogP) is 2.57. The molecular formula is C12H19ClO2. The zero-order valence-corrected chi connectivity index (χ0v) is 9.82. The third kappa shape index (κ3) is 9.73. The molecule has 0 saturated heterocycles. The molecule has 0 aliphatic carbocycles. The van der Waals surface area contributed by atoms with Crippen molar-refractivity contribution in [3.8, 4) is 0 Å². The van der Waals surface area contributed by atoms with E-state index in [1.807, 2.05) is 30.3 Å². The monoisotopic (exact) mass is 230 g/mol. The van der Waals surface area contributed by atoms with Gasteiger partial charge in [-0.1, -0.05) is 43.7 Å². The molecule has 0 heterocycles. The van der Waals surface area contributed by atoms with Crippen LogP contribution in [-0.2, 0) is 6.42 Å². The zero-order chi connectivity index (χ0) is 11.5. The van der Waals surface area contributed by atoms with Gasteiger partial charge in [-0.05, 0) is 12.0 Å². The van der Waals surface area contributed by atoms with Crippen LogP contribution in [0.15, 0.2) is 30.3 Å². The first-order valence-corrected chi connectivity index (χ1v) is 5.70. The predicted molar refractivity (Wildman–Crippen MR) is 64.0 cm³/mol. The van der Waals surface area contributed by atoms with E-state index in [-0.39, 0.29) is 0 Å². The van der Waals surface area contributed by atoms with Crippen molar-refractivity contribution in [1.29, 1.82) is 0 Å². The van der Waals surface area contributed by atoms with E-state index in [1.54, 1.807) is 0 Å². The van der Waals surface area contributed by atoms with Gasteiger partial charge < -0.3 is 10.2 Å². The molecule has 0 fully saturated rings. The highest BCUT2D eigenvalue weighted by Crippen LogP contribution is 2.00. The fraction of sp³-hybridized carbons (Fsp3) is 0.500. The van der Waals surface area contributed by atoms with E-state index < -0.39 is 6.29 Å². The van der Waals surface area contributed by atoms with Crippen LogP contribution in [0.4, 0.5) is 0 Å². The molecule has 15 heavy (non-hydrogen) atoms. The number of hydrogen-bond donors (Lipinski definition) is 2. The molecule has 1 aromatic carbocycles. The summed E-state index contributed by atoms with van der Waals surface area (Å²) in [5.74, 6) is 0.816. The van der Waals surface area contributed by atoms with E-state index in [0.717, 1.165) is 17.9 Å². The van der Waals surface area contributed by atoms with Gasteiger partial charge in [0.15, 0.2) is 6.29 Å². The SMILES string of the molecule is CCCCCl.OC(O)Cc1ccccc1. The second kappa shape index (κ2) is 9.97. The highest BCUT2D eigenvalue weighted by molar-refractivity contribution is 6.17. The maximum Gasteiger partial charge on any atom is 0.155 e. The van der Waals surface area contributed by atoms with Gasteiger partial charge in [0.1, 0.15) is 0 Å². The maximum absolute atomic E-state index is 8.56. The molecule has 2 N–H and O–H groups in total. The lowest BCUT2D eigenvalue weighted by Gasteiger charge is -2.01. The van der Waals surface area contributed by atoms with E-state index >= 15 is 0 Å². The molecule has 0 aliphatic heterocycles. The first-order chi connectivity index (χ1) is 7.20. The molecule has 0 unspecified atom stereocenters. The van der Waals surface area contributed by atoms with Gasteiger partial charge in [-0.2, -0.15) is 0 Å². The van der Waals surface area contributed by atoms with Gasteiger partial charge in [-0.25, -0.2) is 0 Å². The molecule has 0 atom stereocenters. The van der Waals surface area contributed by atoms with Crippen LogP contribution in [-0.4, -0.2) is 22.4 Å². The minimum atomic E-state index is -1.23. The van der Waals surface area contributed by atoms with Crippen molar-refractivity contribution in [2.45, 2.75) is 32.5 Å². The third-order valence-corrected chi connectivity index (χ3v) is 2.02. The van der Waals surface area contributed by atoms with Crippen molar-refractivity contribution in [3.05, 3.63) is 35.9 Å². The Morgan fingerprint density at radius 1 is 1.20 bits per heavy atom. The van der Waals surface area contributed by atoms with Crippen molar-refractivity contribution in [1.82, 2.24) is 0 Å². The van der Waals surface area contributed by atoms with E-state index in [9.17, 15) is 0 Å². The van der Waals surface area contributed by atoms with Crippen LogP contribution in [0.3, 0.4) is 0 Å². The van der Waals surface area contributed by atoms with Crippen LogP contribution in [0.25, 0.3) is 0 Å². The van der Waals surface area contributed by atoms with Crippen LogP contribution in [0, 0.1) is 0 Å². The summed E-state index contributed by atoms with van der Waals surface area (Å²) in [5, 5.41) is 17.1. The second-order valence-corrected chi connectivity index (χ2v) is 3.59. The number of halogens is 1. The topological polar surface area (TPSA) is 40.5 Å². The Balaban J connectivity index is 0.000000336. The van der Waals surface area contributed by atoms with Gasteiger partial charge in [0.05, 0.1) is 0 Å². The van der Waals surface area contributed by atoms with Crippen molar-refractivity contribution in [2.24, 2.45) is 0 Å². The molecule has 2 nitrogen and oxygen atoms in total. The molecule has 0 radical (unpaired) electrons. The van der Waals surface area contributed by atoms with Crippen molar-refractivity contribution < 1.29 is 10.2 Å². The summed E-state index contributed by atoms with van der Waals surface area (Å²) >= 11 is 5.30. The van der Waals surface area contributed by atoms with Crippen molar-refractivity contribution in [2.75, 3.05) is 5.88 Å². The minimum Gasteiger partial charge on any atom is -0.368 e. The number of hydrogen-bond acceptors (Lipinski definition) is 2. The van der Waals surface area contributed by atoms with Crippen LogP contribution in [0.1, 0.15) is 25.3 Å². The lowest BCUT2D eigenvalue weighted by atomic mass is 10.1. The second-order valence-electron chi connectivity index (χ2n) is 3.21. The van der Waals surface area contributed by atoms with E-state index in [2.05, 4.69) is 6.92 Å². The molecule has 1 rings (SSSR count). The molecule has 0 amide bonds. The molecule has 0 aromatic heterocycles. The minimum absolute atomic E-state index is 0.306. The largest absolute Gasteiger partial charge is 0.368 e. The number of aliphatic hydroxyl groups is 2. The number of aliphatic hydroxyl groups excluding tert-OH is 1. The van der Waals surface area contributed by atoms with Crippen LogP contribution in [0.2, 0.25) is 0 Å². The zero-order valence-electron chi connectivity index (χ0n) is 9.06. The summed E-state index contributed by atoms with van der Waals surface area (Å²) < 4.78 is 0. The summed E-state index contributed by atoms with van der Waals surface area (Å²) in [4.78, 5) is 0. The summed E-state index contributed by atoms with van der Waals surface area (Å²) in [6, 6.07) is 9.36. The van der Waals surface area contributed by atoms with Gasteiger partial charge in [-0.15, -0.1) is 11.6 Å². The molecule has 3 heteroatoms. The molecule has 1 aromatic rings. The van der Waals surface area contributed by atoms with Gasteiger partial charge in [0.25, 0.3) is 0 Å². The molecule has 0 saturated carbocycles. The number of benzene rings is 1. The lowest BCUT2D eigenvalue weighted by molar-refractivity contribution is -0.0381. The Kier molecular flexibility index (Phi) is 9.59. The third-order valence-electron chi connectivity index (χ3n) is 1.75. The average molecular weight is 231 g/mol. The maximum atomic E-state index is 8.56. The van der Waals surface area contributed by atoms with E-state index in [1.165, 1.54) is 6.42 Å². The lowest BCUT2D eigenvalue weighted by Crippen LogP contribution is -2.07. The molecule has 86 valence electrons. The van der Waals surface area contributed by atoms with Crippen molar-refractivity contribution >= 4 is 11.6 Å². The summed E-state index contributed by atoms with van der Waals surface area (Å²) in [7, 11) is 0. The summed E-state index contributed by atoms with van der Waals surface area (Å²) in [6.07, 6.45) is 1.44. The Morgan fingerprint density at radius 2 is 1.80 bits per heavy atom. The Labute approximate surface area is 96.5 Å².